The maximum Gasteiger partial charge on any atom is 0.312 e. The summed E-state index contributed by atoms with van der Waals surface area (Å²) in [4.78, 5) is 27.5. The van der Waals surface area contributed by atoms with E-state index in [2.05, 4.69) is 15.7 Å². The number of amides is 1. The Morgan fingerprint density at radius 3 is 2.56 bits per heavy atom. The van der Waals surface area contributed by atoms with E-state index in [0.29, 0.717) is 19.3 Å². The van der Waals surface area contributed by atoms with Gasteiger partial charge < -0.3 is 21.0 Å². The van der Waals surface area contributed by atoms with Gasteiger partial charge in [0.25, 0.3) is 0 Å². The van der Waals surface area contributed by atoms with Crippen molar-refractivity contribution in [2.75, 3.05) is 0 Å². The number of hydrazine groups is 1. The van der Waals surface area contributed by atoms with Crippen molar-refractivity contribution < 1.29 is 19.8 Å². The Morgan fingerprint density at radius 2 is 2.08 bits per heavy atom. The molecule has 5 atom stereocenters. The van der Waals surface area contributed by atoms with Crippen LogP contribution in [0, 0.1) is 11.3 Å². The molecule has 1 fully saturated rings. The summed E-state index contributed by atoms with van der Waals surface area (Å²) in [7, 11) is 0. The molecule has 0 aromatic rings. The second-order valence-electron chi connectivity index (χ2n) is 6.94. The molecule has 1 saturated carbocycles. The van der Waals surface area contributed by atoms with Crippen molar-refractivity contribution >= 4 is 18.2 Å². The maximum atomic E-state index is 11.9. The van der Waals surface area contributed by atoms with Crippen LogP contribution in [-0.4, -0.2) is 46.6 Å². The largest absolute Gasteiger partial charge is 0.481 e. The first-order valence-electron chi connectivity index (χ1n) is 8.97. The van der Waals surface area contributed by atoms with Crippen molar-refractivity contribution in [3.05, 3.63) is 0 Å². The second kappa shape index (κ2) is 9.72. The van der Waals surface area contributed by atoms with Gasteiger partial charge in [0.2, 0.25) is 5.91 Å². The number of carboxylic acid groups (broad SMARTS) is 1. The van der Waals surface area contributed by atoms with E-state index < -0.39 is 17.5 Å². The number of nitrogens with two attached hydrogens (primary N) is 1. The molecular formula is C17H32N4O4. The third kappa shape index (κ3) is 5.40. The number of carbonyl (C=O) groups excluding carboxylic acids is 1. The number of carboxylic acids is 1. The summed E-state index contributed by atoms with van der Waals surface area (Å²) in [6, 6.07) is -0.248. The number of aliphatic hydroxyl groups is 1. The number of aliphatic hydroxyl groups excluding tert-OH is 1. The van der Waals surface area contributed by atoms with Crippen LogP contribution in [0.15, 0.2) is 4.99 Å². The van der Waals surface area contributed by atoms with E-state index in [0.717, 1.165) is 12.8 Å². The first-order valence-corrected chi connectivity index (χ1v) is 8.97. The molecule has 0 spiro atoms. The smallest absolute Gasteiger partial charge is 0.312 e. The number of aliphatic imine (C=N–C) groups is 1. The summed E-state index contributed by atoms with van der Waals surface area (Å²) in [6.07, 6.45) is 3.60. The first-order chi connectivity index (χ1) is 11.8. The highest BCUT2D eigenvalue weighted by atomic mass is 16.4. The van der Waals surface area contributed by atoms with Gasteiger partial charge in [-0.15, -0.1) is 0 Å². The average Bonchev–Trinajstić information content (AvgIpc) is 2.89. The molecule has 25 heavy (non-hydrogen) atoms. The van der Waals surface area contributed by atoms with Gasteiger partial charge in [-0.25, -0.2) is 5.84 Å². The van der Waals surface area contributed by atoms with Crippen LogP contribution >= 0.6 is 0 Å². The van der Waals surface area contributed by atoms with Gasteiger partial charge >= 0.3 is 5.97 Å². The molecule has 1 aliphatic carbocycles. The average molecular weight is 356 g/mol. The minimum absolute atomic E-state index is 0.0159. The SMILES string of the molecule is CCC(CCC1(C(=O)O)CC(N=CNN)CC1O)C(CC)NC(C)=O. The molecule has 0 radical (unpaired) electrons. The van der Waals surface area contributed by atoms with Gasteiger partial charge in [0.15, 0.2) is 0 Å². The van der Waals surface area contributed by atoms with Gasteiger partial charge in [-0.05, 0) is 38.0 Å². The molecule has 0 bridgehead atoms. The maximum absolute atomic E-state index is 11.9. The van der Waals surface area contributed by atoms with E-state index in [1.54, 1.807) is 0 Å². The van der Waals surface area contributed by atoms with Crippen LogP contribution in [0.25, 0.3) is 0 Å². The van der Waals surface area contributed by atoms with E-state index in [4.69, 9.17) is 5.84 Å². The van der Waals surface area contributed by atoms with Crippen molar-refractivity contribution in [1.82, 2.24) is 10.7 Å². The Hall–Kier alpha value is -1.67. The van der Waals surface area contributed by atoms with Crippen LogP contribution in [0.3, 0.4) is 0 Å². The van der Waals surface area contributed by atoms with E-state index in [1.165, 1.54) is 13.3 Å². The molecule has 6 N–H and O–H groups in total. The molecule has 1 rings (SSSR count). The van der Waals surface area contributed by atoms with Crippen LogP contribution < -0.4 is 16.6 Å². The molecule has 0 aromatic carbocycles. The lowest BCUT2D eigenvalue weighted by Crippen LogP contribution is -2.42. The van der Waals surface area contributed by atoms with Crippen molar-refractivity contribution in [3.8, 4) is 0 Å². The fraction of sp³-hybridized carbons (Fsp3) is 0.824. The summed E-state index contributed by atoms with van der Waals surface area (Å²) in [6.45, 7) is 5.53. The van der Waals surface area contributed by atoms with Crippen LogP contribution in [0.4, 0.5) is 0 Å². The van der Waals surface area contributed by atoms with Gasteiger partial charge in [-0.1, -0.05) is 20.3 Å². The predicted molar refractivity (Wildman–Crippen MR) is 95.8 cm³/mol. The summed E-state index contributed by atoms with van der Waals surface area (Å²) >= 11 is 0. The standard InChI is InChI=1S/C17H32N4O4/c1-4-12(14(5-2)21-11(3)22)6-7-17(16(24)25)9-13(8-15(17)23)19-10-20-18/h10,12-15,23H,4-9,18H2,1-3H3,(H,19,20)(H,21,22)(H,24,25). The number of hydrogen-bond donors (Lipinski definition) is 5. The molecular weight excluding hydrogens is 324 g/mol. The highest BCUT2D eigenvalue weighted by Crippen LogP contribution is 2.45. The Bertz CT molecular complexity index is 485. The summed E-state index contributed by atoms with van der Waals surface area (Å²) in [5.41, 5.74) is 1.11. The third-order valence-electron chi connectivity index (χ3n) is 5.40. The molecule has 0 saturated heterocycles. The highest BCUT2D eigenvalue weighted by Gasteiger charge is 2.52. The molecule has 0 aromatic heterocycles. The zero-order chi connectivity index (χ0) is 19.0. The van der Waals surface area contributed by atoms with E-state index in [9.17, 15) is 19.8 Å². The van der Waals surface area contributed by atoms with Gasteiger partial charge in [0.1, 0.15) is 0 Å². The third-order valence-corrected chi connectivity index (χ3v) is 5.40. The quantitative estimate of drug-likeness (QED) is 0.170. The van der Waals surface area contributed by atoms with Crippen LogP contribution in [0.2, 0.25) is 0 Å². The monoisotopic (exact) mass is 356 g/mol. The Balaban J connectivity index is 2.85. The fourth-order valence-electron chi connectivity index (χ4n) is 3.94. The normalized spacial score (nSPS) is 28.7. The van der Waals surface area contributed by atoms with Gasteiger partial charge in [0, 0.05) is 13.0 Å². The lowest BCUT2D eigenvalue weighted by atomic mass is 9.76. The van der Waals surface area contributed by atoms with Crippen LogP contribution in [-0.2, 0) is 9.59 Å². The van der Waals surface area contributed by atoms with Crippen molar-refractivity contribution in [3.63, 3.8) is 0 Å². The summed E-state index contributed by atoms with van der Waals surface area (Å²) < 4.78 is 0. The molecule has 1 aliphatic rings. The lowest BCUT2D eigenvalue weighted by Gasteiger charge is -2.32. The van der Waals surface area contributed by atoms with Gasteiger partial charge in [-0.2, -0.15) is 0 Å². The molecule has 0 heterocycles. The molecule has 144 valence electrons. The molecule has 5 unspecified atom stereocenters. The van der Waals surface area contributed by atoms with Crippen molar-refractivity contribution in [1.29, 1.82) is 0 Å². The Labute approximate surface area is 149 Å². The minimum atomic E-state index is -1.20. The number of rotatable bonds is 10. The predicted octanol–water partition coefficient (Wildman–Crippen LogP) is 0.793. The molecule has 0 aliphatic heterocycles. The lowest BCUT2D eigenvalue weighted by molar-refractivity contribution is -0.155. The Morgan fingerprint density at radius 1 is 1.40 bits per heavy atom. The number of carbonyl (C=O) groups is 2. The van der Waals surface area contributed by atoms with Crippen molar-refractivity contribution in [2.45, 2.75) is 77.5 Å². The molecule has 1 amide bonds. The van der Waals surface area contributed by atoms with Gasteiger partial charge in [-0.3, -0.25) is 14.6 Å². The second-order valence-corrected chi connectivity index (χ2v) is 6.94. The number of hydrogen-bond acceptors (Lipinski definition) is 5. The summed E-state index contributed by atoms with van der Waals surface area (Å²) in [5, 5.41) is 23.2. The number of aliphatic carboxylic acids is 1. The van der Waals surface area contributed by atoms with Gasteiger partial charge in [0.05, 0.1) is 23.9 Å². The van der Waals surface area contributed by atoms with E-state index >= 15 is 0 Å². The fourth-order valence-corrected chi connectivity index (χ4v) is 3.94. The highest BCUT2D eigenvalue weighted by molar-refractivity contribution is 5.76. The summed E-state index contributed by atoms with van der Waals surface area (Å²) in [5.74, 6) is 4.27. The molecule has 8 nitrogen and oxygen atoms in total. The van der Waals surface area contributed by atoms with Crippen LogP contribution in [0.1, 0.15) is 59.3 Å². The number of nitrogens with zero attached hydrogens (tertiary/aromatic N) is 1. The zero-order valence-corrected chi connectivity index (χ0v) is 15.4. The topological polar surface area (TPSA) is 137 Å². The zero-order valence-electron chi connectivity index (χ0n) is 15.4. The minimum Gasteiger partial charge on any atom is -0.481 e. The van der Waals surface area contributed by atoms with E-state index in [-0.39, 0.29) is 30.3 Å². The number of nitrogens with one attached hydrogen (secondary N) is 2. The Kier molecular flexibility index (Phi) is 8.31. The van der Waals surface area contributed by atoms with E-state index in [1.807, 2.05) is 13.8 Å². The van der Waals surface area contributed by atoms with Crippen molar-refractivity contribution in [2.24, 2.45) is 22.2 Å². The first kappa shape index (κ1) is 21.4. The van der Waals surface area contributed by atoms with Crippen LogP contribution in [0.5, 0.6) is 0 Å². The molecule has 8 heteroatoms.